The fraction of sp³-hybridized carbons (Fsp3) is 0.423. The van der Waals surface area contributed by atoms with E-state index in [9.17, 15) is 9.59 Å². The van der Waals surface area contributed by atoms with Crippen LogP contribution in [0.5, 0.6) is 0 Å². The highest BCUT2D eigenvalue weighted by molar-refractivity contribution is 5.94. The Balaban J connectivity index is 1.23. The lowest BCUT2D eigenvalue weighted by Crippen LogP contribution is -2.49. The van der Waals surface area contributed by atoms with Crippen molar-refractivity contribution in [1.82, 2.24) is 14.8 Å². The van der Waals surface area contributed by atoms with Crippen molar-refractivity contribution in [2.75, 3.05) is 44.2 Å². The van der Waals surface area contributed by atoms with Crippen molar-refractivity contribution in [2.24, 2.45) is 5.92 Å². The van der Waals surface area contributed by atoms with Gasteiger partial charge in [-0.1, -0.05) is 30.9 Å². The first-order chi connectivity index (χ1) is 15.6. The zero-order valence-corrected chi connectivity index (χ0v) is 18.7. The number of piperidine rings is 1. The molecule has 2 aliphatic rings. The lowest BCUT2D eigenvalue weighted by Gasteiger charge is -2.36. The molecule has 168 valence electrons. The van der Waals surface area contributed by atoms with E-state index in [1.165, 1.54) is 0 Å². The highest BCUT2D eigenvalue weighted by atomic mass is 16.2. The van der Waals surface area contributed by atoms with Gasteiger partial charge in [0, 0.05) is 57.4 Å². The predicted molar refractivity (Wildman–Crippen MR) is 127 cm³/mol. The molecule has 0 saturated carbocycles. The summed E-state index contributed by atoms with van der Waals surface area (Å²) in [7, 11) is 0. The first-order valence-corrected chi connectivity index (χ1v) is 11.6. The molecular weight excluding hydrogens is 400 g/mol. The third-order valence-electron chi connectivity index (χ3n) is 6.57. The van der Waals surface area contributed by atoms with Crippen LogP contribution >= 0.6 is 0 Å². The fourth-order valence-electron chi connectivity index (χ4n) is 4.64. The summed E-state index contributed by atoms with van der Waals surface area (Å²) in [5, 5.41) is 0. The van der Waals surface area contributed by atoms with Crippen LogP contribution in [0.15, 0.2) is 55.2 Å². The van der Waals surface area contributed by atoms with Crippen LogP contribution in [0.1, 0.15) is 41.6 Å². The van der Waals surface area contributed by atoms with E-state index in [0.717, 1.165) is 75.5 Å². The maximum Gasteiger partial charge on any atom is 0.253 e. The number of piperazine rings is 1. The molecule has 1 atom stereocenters. The van der Waals surface area contributed by atoms with Crippen LogP contribution in [0, 0.1) is 5.92 Å². The van der Waals surface area contributed by atoms with E-state index in [2.05, 4.69) is 16.5 Å². The first kappa shape index (κ1) is 22.1. The van der Waals surface area contributed by atoms with Gasteiger partial charge in [0.1, 0.15) is 5.82 Å². The van der Waals surface area contributed by atoms with Gasteiger partial charge in [-0.05, 0) is 55.0 Å². The van der Waals surface area contributed by atoms with E-state index in [4.69, 9.17) is 0 Å². The third kappa shape index (κ3) is 5.36. The van der Waals surface area contributed by atoms with Gasteiger partial charge in [-0.2, -0.15) is 0 Å². The van der Waals surface area contributed by atoms with Crippen LogP contribution in [0.3, 0.4) is 0 Å². The zero-order valence-electron chi connectivity index (χ0n) is 18.7. The first-order valence-electron chi connectivity index (χ1n) is 11.6. The van der Waals surface area contributed by atoms with Crippen LogP contribution in [0.25, 0.3) is 6.08 Å². The highest BCUT2D eigenvalue weighted by Gasteiger charge is 2.26. The maximum absolute atomic E-state index is 12.9. The Morgan fingerprint density at radius 1 is 1.00 bits per heavy atom. The van der Waals surface area contributed by atoms with E-state index in [1.807, 2.05) is 52.3 Å². The number of carbonyl (C=O) groups excluding carboxylic acids is 2. The van der Waals surface area contributed by atoms with Gasteiger partial charge in [-0.25, -0.2) is 4.98 Å². The molecule has 2 fully saturated rings. The van der Waals surface area contributed by atoms with Crippen molar-refractivity contribution < 1.29 is 9.59 Å². The number of carbonyl (C=O) groups is 2. The van der Waals surface area contributed by atoms with E-state index >= 15 is 0 Å². The fourth-order valence-corrected chi connectivity index (χ4v) is 4.64. The van der Waals surface area contributed by atoms with Gasteiger partial charge in [0.2, 0.25) is 5.91 Å². The number of nitrogens with zero attached hydrogens (tertiary/aromatic N) is 4. The average Bonchev–Trinajstić information content (AvgIpc) is 2.87. The molecule has 0 N–H and O–H groups in total. The summed E-state index contributed by atoms with van der Waals surface area (Å²) in [6.45, 7) is 8.41. The minimum atomic E-state index is 0.0854. The van der Waals surface area contributed by atoms with Gasteiger partial charge in [0.15, 0.2) is 0 Å². The van der Waals surface area contributed by atoms with Crippen LogP contribution in [-0.4, -0.2) is 65.9 Å². The molecule has 6 heteroatoms. The van der Waals surface area contributed by atoms with Crippen molar-refractivity contribution >= 4 is 23.7 Å². The van der Waals surface area contributed by atoms with Gasteiger partial charge in [-0.15, -0.1) is 0 Å². The number of hydrogen-bond donors (Lipinski definition) is 0. The maximum atomic E-state index is 12.9. The van der Waals surface area contributed by atoms with E-state index in [-0.39, 0.29) is 11.8 Å². The Kier molecular flexibility index (Phi) is 7.20. The van der Waals surface area contributed by atoms with Crippen LogP contribution in [-0.2, 0) is 4.79 Å². The summed E-state index contributed by atoms with van der Waals surface area (Å²) in [6.07, 6.45) is 7.07. The van der Waals surface area contributed by atoms with Crippen LogP contribution in [0.2, 0.25) is 0 Å². The monoisotopic (exact) mass is 432 g/mol. The normalized spacial score (nSPS) is 19.0. The van der Waals surface area contributed by atoms with Crippen LogP contribution < -0.4 is 4.90 Å². The van der Waals surface area contributed by atoms with Gasteiger partial charge >= 0.3 is 0 Å². The molecule has 3 heterocycles. The Bertz CT molecular complexity index is 921. The quantitative estimate of drug-likeness (QED) is 0.698. The molecule has 2 aliphatic heterocycles. The lowest BCUT2D eigenvalue weighted by atomic mass is 9.92. The molecular formula is C26H32N4O2. The van der Waals surface area contributed by atoms with Gasteiger partial charge in [0.05, 0.1) is 0 Å². The van der Waals surface area contributed by atoms with Crippen molar-refractivity contribution in [2.45, 2.75) is 25.7 Å². The van der Waals surface area contributed by atoms with Crippen LogP contribution in [0.4, 0.5) is 5.82 Å². The molecule has 4 rings (SSSR count). The minimum Gasteiger partial charge on any atom is -0.353 e. The standard InChI is InChI=1S/C26H32N4O2/c1-2-21-8-11-23(12-9-21)26(32)30-15-5-6-22(20-30)10-13-25(31)29-18-16-28(17-19-29)24-7-3-4-14-27-24/h2-4,7-9,11-12,14,22H,1,5-6,10,13,15-20H2/t22-/m1/s1. The number of amides is 2. The minimum absolute atomic E-state index is 0.0854. The van der Waals surface area contributed by atoms with Crippen molar-refractivity contribution in [1.29, 1.82) is 0 Å². The molecule has 2 aromatic rings. The number of benzene rings is 1. The number of anilines is 1. The molecule has 1 aromatic heterocycles. The van der Waals surface area contributed by atoms with Gasteiger partial charge in [0.25, 0.3) is 5.91 Å². The molecule has 2 amide bonds. The molecule has 0 spiro atoms. The molecule has 0 unspecified atom stereocenters. The Morgan fingerprint density at radius 2 is 1.78 bits per heavy atom. The SMILES string of the molecule is C=Cc1ccc(C(=O)N2CCC[C@H](CCC(=O)N3CCN(c4ccccn4)CC3)C2)cc1. The summed E-state index contributed by atoms with van der Waals surface area (Å²) in [6, 6.07) is 13.5. The topological polar surface area (TPSA) is 56.8 Å². The molecule has 0 bridgehead atoms. The summed E-state index contributed by atoms with van der Waals surface area (Å²) in [4.78, 5) is 36.2. The molecule has 32 heavy (non-hydrogen) atoms. The predicted octanol–water partition coefficient (Wildman–Crippen LogP) is 3.71. The van der Waals surface area contributed by atoms with E-state index in [0.29, 0.717) is 12.3 Å². The second kappa shape index (κ2) is 10.4. The van der Waals surface area contributed by atoms with Gasteiger partial charge in [-0.3, -0.25) is 9.59 Å². The summed E-state index contributed by atoms with van der Waals surface area (Å²) >= 11 is 0. The Labute approximate surface area is 190 Å². The summed E-state index contributed by atoms with van der Waals surface area (Å²) in [5.74, 6) is 1.68. The Hall–Kier alpha value is -3.15. The molecule has 0 radical (unpaired) electrons. The van der Waals surface area contributed by atoms with E-state index < -0.39 is 0 Å². The molecule has 0 aliphatic carbocycles. The highest BCUT2D eigenvalue weighted by Crippen LogP contribution is 2.23. The second-order valence-corrected chi connectivity index (χ2v) is 8.68. The second-order valence-electron chi connectivity index (χ2n) is 8.68. The molecule has 6 nitrogen and oxygen atoms in total. The number of likely N-dealkylation sites (tertiary alicyclic amines) is 1. The summed E-state index contributed by atoms with van der Waals surface area (Å²) in [5.41, 5.74) is 1.73. The smallest absolute Gasteiger partial charge is 0.253 e. The number of rotatable bonds is 6. The van der Waals surface area contributed by atoms with Crippen molar-refractivity contribution in [3.05, 3.63) is 66.4 Å². The number of aromatic nitrogens is 1. The average molecular weight is 433 g/mol. The third-order valence-corrected chi connectivity index (χ3v) is 6.57. The molecule has 2 saturated heterocycles. The largest absolute Gasteiger partial charge is 0.353 e. The molecule has 1 aromatic carbocycles. The number of pyridine rings is 1. The van der Waals surface area contributed by atoms with Gasteiger partial charge < -0.3 is 14.7 Å². The summed E-state index contributed by atoms with van der Waals surface area (Å²) < 4.78 is 0. The lowest BCUT2D eigenvalue weighted by molar-refractivity contribution is -0.131. The van der Waals surface area contributed by atoms with Crippen molar-refractivity contribution in [3.63, 3.8) is 0 Å². The zero-order chi connectivity index (χ0) is 22.3. The Morgan fingerprint density at radius 3 is 2.47 bits per heavy atom. The van der Waals surface area contributed by atoms with Crippen molar-refractivity contribution in [3.8, 4) is 0 Å². The van der Waals surface area contributed by atoms with E-state index in [1.54, 1.807) is 12.3 Å². The number of hydrogen-bond acceptors (Lipinski definition) is 4.